The second-order valence-electron chi connectivity index (χ2n) is 7.46. The number of rotatable bonds is 6. The lowest BCUT2D eigenvalue weighted by molar-refractivity contribution is 0.175. The molecule has 31 heavy (non-hydrogen) atoms. The Morgan fingerprint density at radius 3 is 2.55 bits per heavy atom. The quantitative estimate of drug-likeness (QED) is 0.649. The fraction of sp³-hybridized carbons (Fsp3) is 0.348. The molecule has 2 heterocycles. The molecule has 0 spiro atoms. The summed E-state index contributed by atoms with van der Waals surface area (Å²) in [5.74, 6) is 2.87. The smallest absolute Gasteiger partial charge is 0.317 e. The largest absolute Gasteiger partial charge is 0.497 e. The van der Waals surface area contributed by atoms with Gasteiger partial charge in [0.1, 0.15) is 11.5 Å². The molecular formula is C23H26N4O4. The van der Waals surface area contributed by atoms with Gasteiger partial charge in [0.2, 0.25) is 11.7 Å². The first kappa shape index (κ1) is 20.7. The number of benzene rings is 2. The standard InChI is InChI=1S/C23H26N4O4/c1-29-19-8-6-16(7-9-19)15-24-23(28)27-12-10-17(11-13-27)22-25-21(26-31-22)18-4-3-5-20(14-18)30-2/h3-9,14,17H,10-13,15H2,1-2H3,(H,24,28). The van der Waals surface area contributed by atoms with E-state index in [1.165, 1.54) is 0 Å². The number of amides is 2. The number of aromatic nitrogens is 2. The Kier molecular flexibility index (Phi) is 6.35. The van der Waals surface area contributed by atoms with Gasteiger partial charge in [0.05, 0.1) is 14.2 Å². The van der Waals surface area contributed by atoms with Crippen molar-refractivity contribution < 1.29 is 18.8 Å². The van der Waals surface area contributed by atoms with E-state index in [0.717, 1.165) is 35.5 Å². The van der Waals surface area contributed by atoms with Crippen molar-refractivity contribution in [2.24, 2.45) is 0 Å². The number of methoxy groups -OCH3 is 2. The topological polar surface area (TPSA) is 89.7 Å². The summed E-state index contributed by atoms with van der Waals surface area (Å²) in [4.78, 5) is 18.9. The molecule has 2 amide bonds. The van der Waals surface area contributed by atoms with Gasteiger partial charge in [-0.25, -0.2) is 4.79 Å². The molecule has 0 aliphatic carbocycles. The average molecular weight is 422 g/mol. The first-order valence-electron chi connectivity index (χ1n) is 10.3. The number of hydrogen-bond acceptors (Lipinski definition) is 6. The number of carbonyl (C=O) groups is 1. The summed E-state index contributed by atoms with van der Waals surface area (Å²) in [6, 6.07) is 15.2. The highest BCUT2D eigenvalue weighted by atomic mass is 16.5. The lowest BCUT2D eigenvalue weighted by Gasteiger charge is -2.30. The van der Waals surface area contributed by atoms with Crippen molar-refractivity contribution >= 4 is 6.03 Å². The average Bonchev–Trinajstić information content (AvgIpc) is 3.33. The van der Waals surface area contributed by atoms with Crippen LogP contribution in [0, 0.1) is 0 Å². The molecule has 1 aliphatic heterocycles. The van der Waals surface area contributed by atoms with E-state index in [2.05, 4.69) is 15.5 Å². The predicted molar refractivity (Wildman–Crippen MR) is 115 cm³/mol. The Morgan fingerprint density at radius 1 is 1.10 bits per heavy atom. The van der Waals surface area contributed by atoms with E-state index in [1.807, 2.05) is 53.4 Å². The van der Waals surface area contributed by atoms with Gasteiger partial charge in [0.25, 0.3) is 0 Å². The number of urea groups is 1. The number of nitrogens with one attached hydrogen (secondary N) is 1. The summed E-state index contributed by atoms with van der Waals surface area (Å²) in [6.45, 7) is 1.78. The minimum atomic E-state index is -0.0585. The number of carbonyl (C=O) groups excluding carboxylic acids is 1. The van der Waals surface area contributed by atoms with Crippen molar-refractivity contribution in [1.29, 1.82) is 0 Å². The van der Waals surface area contributed by atoms with Gasteiger partial charge < -0.3 is 24.2 Å². The van der Waals surface area contributed by atoms with Gasteiger partial charge in [0, 0.05) is 31.1 Å². The van der Waals surface area contributed by atoms with E-state index in [-0.39, 0.29) is 11.9 Å². The third-order valence-electron chi connectivity index (χ3n) is 5.50. The van der Waals surface area contributed by atoms with Gasteiger partial charge in [-0.05, 0) is 42.7 Å². The number of piperidine rings is 1. The van der Waals surface area contributed by atoms with Crippen molar-refractivity contribution in [3.05, 3.63) is 60.0 Å². The Hall–Kier alpha value is -3.55. The van der Waals surface area contributed by atoms with Crippen LogP contribution in [0.1, 0.15) is 30.2 Å². The van der Waals surface area contributed by atoms with Crippen LogP contribution < -0.4 is 14.8 Å². The second kappa shape index (κ2) is 9.51. The van der Waals surface area contributed by atoms with Crippen molar-refractivity contribution in [3.8, 4) is 22.9 Å². The van der Waals surface area contributed by atoms with Gasteiger partial charge in [-0.15, -0.1) is 0 Å². The van der Waals surface area contributed by atoms with E-state index in [4.69, 9.17) is 14.0 Å². The van der Waals surface area contributed by atoms with Crippen LogP contribution in [0.4, 0.5) is 4.79 Å². The highest BCUT2D eigenvalue weighted by Crippen LogP contribution is 2.29. The van der Waals surface area contributed by atoms with Gasteiger partial charge in [-0.1, -0.05) is 29.4 Å². The molecule has 0 saturated carbocycles. The van der Waals surface area contributed by atoms with Crippen LogP contribution >= 0.6 is 0 Å². The fourth-order valence-electron chi connectivity index (χ4n) is 3.64. The van der Waals surface area contributed by atoms with Crippen LogP contribution in [-0.4, -0.2) is 48.4 Å². The molecule has 162 valence electrons. The molecule has 1 aromatic heterocycles. The molecule has 0 radical (unpaired) electrons. The number of likely N-dealkylation sites (tertiary alicyclic amines) is 1. The maximum atomic E-state index is 12.5. The van der Waals surface area contributed by atoms with Crippen molar-refractivity contribution in [1.82, 2.24) is 20.4 Å². The molecule has 2 aromatic carbocycles. The van der Waals surface area contributed by atoms with Gasteiger partial charge in [0.15, 0.2) is 0 Å². The molecule has 0 unspecified atom stereocenters. The van der Waals surface area contributed by atoms with Gasteiger partial charge in [-0.2, -0.15) is 4.98 Å². The first-order valence-corrected chi connectivity index (χ1v) is 10.3. The summed E-state index contributed by atoms with van der Waals surface area (Å²) < 4.78 is 15.9. The van der Waals surface area contributed by atoms with E-state index in [9.17, 15) is 4.79 Å². The molecule has 3 aromatic rings. The van der Waals surface area contributed by atoms with E-state index < -0.39 is 0 Å². The zero-order chi connectivity index (χ0) is 21.6. The maximum Gasteiger partial charge on any atom is 0.317 e. The van der Waals surface area contributed by atoms with Crippen LogP contribution in [0.25, 0.3) is 11.4 Å². The third kappa shape index (κ3) is 4.96. The van der Waals surface area contributed by atoms with Crippen LogP contribution in [0.5, 0.6) is 11.5 Å². The lowest BCUT2D eigenvalue weighted by Crippen LogP contribution is -2.43. The Bertz CT molecular complexity index is 1010. The van der Waals surface area contributed by atoms with E-state index >= 15 is 0 Å². The summed E-state index contributed by atoms with van der Waals surface area (Å²) in [5.41, 5.74) is 1.88. The normalized spacial score (nSPS) is 14.3. The fourth-order valence-corrected chi connectivity index (χ4v) is 3.64. The minimum Gasteiger partial charge on any atom is -0.497 e. The van der Waals surface area contributed by atoms with Crippen molar-refractivity contribution in [2.75, 3.05) is 27.3 Å². The molecule has 8 heteroatoms. The molecule has 0 bridgehead atoms. The third-order valence-corrected chi connectivity index (χ3v) is 5.50. The van der Waals surface area contributed by atoms with Crippen LogP contribution in [0.15, 0.2) is 53.1 Å². The Balaban J connectivity index is 1.29. The van der Waals surface area contributed by atoms with E-state index in [0.29, 0.717) is 31.3 Å². The van der Waals surface area contributed by atoms with Gasteiger partial charge in [-0.3, -0.25) is 0 Å². The SMILES string of the molecule is COc1ccc(CNC(=O)N2CCC(c3nc(-c4cccc(OC)c4)no3)CC2)cc1. The molecule has 4 rings (SSSR count). The molecular weight excluding hydrogens is 396 g/mol. The first-order chi connectivity index (χ1) is 15.2. The monoisotopic (exact) mass is 422 g/mol. The summed E-state index contributed by atoms with van der Waals surface area (Å²) in [5, 5.41) is 7.10. The van der Waals surface area contributed by atoms with Crippen molar-refractivity contribution in [2.45, 2.75) is 25.3 Å². The molecule has 0 atom stereocenters. The highest BCUT2D eigenvalue weighted by Gasteiger charge is 2.27. The second-order valence-corrected chi connectivity index (χ2v) is 7.46. The summed E-state index contributed by atoms with van der Waals surface area (Å²) in [7, 11) is 3.26. The molecule has 1 N–H and O–H groups in total. The maximum absolute atomic E-state index is 12.5. The summed E-state index contributed by atoms with van der Waals surface area (Å²) >= 11 is 0. The van der Waals surface area contributed by atoms with E-state index in [1.54, 1.807) is 14.2 Å². The minimum absolute atomic E-state index is 0.0585. The molecule has 8 nitrogen and oxygen atoms in total. The van der Waals surface area contributed by atoms with Crippen LogP contribution in [0.3, 0.4) is 0 Å². The number of ether oxygens (including phenoxy) is 2. The zero-order valence-electron chi connectivity index (χ0n) is 17.7. The van der Waals surface area contributed by atoms with Crippen LogP contribution in [-0.2, 0) is 6.54 Å². The molecule has 1 aliphatic rings. The number of hydrogen-bond donors (Lipinski definition) is 1. The Morgan fingerprint density at radius 2 is 1.84 bits per heavy atom. The van der Waals surface area contributed by atoms with Crippen LogP contribution in [0.2, 0.25) is 0 Å². The molecule has 1 saturated heterocycles. The summed E-state index contributed by atoms with van der Waals surface area (Å²) in [6.07, 6.45) is 1.57. The number of nitrogens with zero attached hydrogens (tertiary/aromatic N) is 3. The molecule has 1 fully saturated rings. The Labute approximate surface area is 181 Å². The lowest BCUT2D eigenvalue weighted by atomic mass is 9.97. The predicted octanol–water partition coefficient (Wildman–Crippen LogP) is 3.84. The highest BCUT2D eigenvalue weighted by molar-refractivity contribution is 5.74. The van der Waals surface area contributed by atoms with Gasteiger partial charge >= 0.3 is 6.03 Å². The van der Waals surface area contributed by atoms with Crippen molar-refractivity contribution in [3.63, 3.8) is 0 Å². The zero-order valence-corrected chi connectivity index (χ0v) is 17.7.